The maximum absolute atomic E-state index is 13.1. The van der Waals surface area contributed by atoms with Crippen LogP contribution < -0.4 is 14.5 Å². The van der Waals surface area contributed by atoms with Crippen molar-refractivity contribution in [3.05, 3.63) is 42.0 Å². The molecule has 0 atom stereocenters. The minimum Gasteiger partial charge on any atom is -0.468 e. The molecule has 0 unspecified atom stereocenters. The third-order valence-electron chi connectivity index (χ3n) is 5.28. The molecule has 172 valence electrons. The molecule has 1 aliphatic rings. The van der Waals surface area contributed by atoms with Crippen LogP contribution in [0.15, 0.2) is 46.2 Å². The van der Waals surface area contributed by atoms with Crippen molar-refractivity contribution in [2.45, 2.75) is 30.6 Å². The van der Waals surface area contributed by atoms with Gasteiger partial charge >= 0.3 is 5.97 Å². The van der Waals surface area contributed by atoms with E-state index < -0.39 is 16.0 Å². The molecule has 1 aliphatic heterocycles. The standard InChI is InChI=1S/C22H27N3O5S2/c1-5-24(6-2)16-7-9-18(15(3)11-16)23-32(28,29)17-8-10-20-19(12-17)25(13-22(27)30-4)21(26)14-31-20/h7-12,23H,5-6,13-14H2,1-4H3. The van der Waals surface area contributed by atoms with Crippen molar-refractivity contribution in [2.24, 2.45) is 0 Å². The fourth-order valence-electron chi connectivity index (χ4n) is 3.47. The molecule has 0 radical (unpaired) electrons. The molecule has 10 heteroatoms. The van der Waals surface area contributed by atoms with Gasteiger partial charge < -0.3 is 9.64 Å². The number of hydrogen-bond donors (Lipinski definition) is 1. The van der Waals surface area contributed by atoms with E-state index in [0.29, 0.717) is 11.4 Å². The highest BCUT2D eigenvalue weighted by Gasteiger charge is 2.29. The second-order valence-electron chi connectivity index (χ2n) is 7.25. The lowest BCUT2D eigenvalue weighted by Crippen LogP contribution is -2.39. The molecule has 1 heterocycles. The lowest BCUT2D eigenvalue weighted by molar-refractivity contribution is -0.139. The van der Waals surface area contributed by atoms with Crippen LogP contribution in [0.5, 0.6) is 0 Å². The van der Waals surface area contributed by atoms with Gasteiger partial charge in [-0.15, -0.1) is 11.8 Å². The van der Waals surface area contributed by atoms with Gasteiger partial charge in [0.1, 0.15) is 6.54 Å². The molecule has 0 aliphatic carbocycles. The van der Waals surface area contributed by atoms with Crippen LogP contribution in [0.4, 0.5) is 17.1 Å². The number of hydrogen-bond acceptors (Lipinski definition) is 7. The summed E-state index contributed by atoms with van der Waals surface area (Å²) in [6.45, 7) is 7.43. The number of benzene rings is 2. The van der Waals surface area contributed by atoms with Crippen LogP contribution in [0.1, 0.15) is 19.4 Å². The number of thioether (sulfide) groups is 1. The molecule has 0 saturated carbocycles. The summed E-state index contributed by atoms with van der Waals surface area (Å²) in [6, 6.07) is 10.2. The summed E-state index contributed by atoms with van der Waals surface area (Å²) >= 11 is 1.31. The highest BCUT2D eigenvalue weighted by molar-refractivity contribution is 8.00. The zero-order valence-corrected chi connectivity index (χ0v) is 20.2. The third-order valence-corrected chi connectivity index (χ3v) is 7.69. The van der Waals surface area contributed by atoms with Crippen LogP contribution in [0, 0.1) is 6.92 Å². The molecular weight excluding hydrogens is 450 g/mol. The molecule has 0 bridgehead atoms. The predicted octanol–water partition coefficient (Wildman–Crippen LogP) is 3.25. The Morgan fingerprint density at radius 3 is 2.53 bits per heavy atom. The number of carbonyl (C=O) groups excluding carboxylic acids is 2. The minimum absolute atomic E-state index is 0.00800. The van der Waals surface area contributed by atoms with Crippen LogP contribution >= 0.6 is 11.8 Å². The lowest BCUT2D eigenvalue weighted by Gasteiger charge is -2.28. The fraction of sp³-hybridized carbons (Fsp3) is 0.364. The van der Waals surface area contributed by atoms with Gasteiger partial charge in [0.15, 0.2) is 0 Å². The SMILES string of the molecule is CCN(CC)c1ccc(NS(=O)(=O)c2ccc3c(c2)N(CC(=O)OC)C(=O)CS3)c(C)c1. The van der Waals surface area contributed by atoms with E-state index in [1.165, 1.54) is 35.9 Å². The lowest BCUT2D eigenvalue weighted by atomic mass is 10.1. The maximum Gasteiger partial charge on any atom is 0.325 e. The van der Waals surface area contributed by atoms with Gasteiger partial charge in [-0.25, -0.2) is 8.42 Å². The first-order valence-electron chi connectivity index (χ1n) is 10.2. The molecule has 3 rings (SSSR count). The molecule has 32 heavy (non-hydrogen) atoms. The number of rotatable bonds is 8. The number of methoxy groups -OCH3 is 1. The van der Waals surface area contributed by atoms with E-state index in [4.69, 9.17) is 0 Å². The number of anilines is 3. The van der Waals surface area contributed by atoms with Crippen molar-refractivity contribution in [1.82, 2.24) is 0 Å². The van der Waals surface area contributed by atoms with E-state index in [1.54, 1.807) is 12.1 Å². The Bertz CT molecular complexity index is 1130. The second kappa shape index (κ2) is 9.83. The number of nitrogens with zero attached hydrogens (tertiary/aromatic N) is 2. The third kappa shape index (κ3) is 5.02. The largest absolute Gasteiger partial charge is 0.468 e. The van der Waals surface area contributed by atoms with E-state index >= 15 is 0 Å². The zero-order valence-electron chi connectivity index (χ0n) is 18.5. The van der Waals surface area contributed by atoms with Gasteiger partial charge in [-0.05, 0) is 62.7 Å². The molecule has 1 amide bonds. The summed E-state index contributed by atoms with van der Waals surface area (Å²) in [4.78, 5) is 28.3. The number of nitrogens with one attached hydrogen (secondary N) is 1. The Kier molecular flexibility index (Phi) is 7.35. The van der Waals surface area contributed by atoms with Gasteiger partial charge in [0.2, 0.25) is 5.91 Å². The van der Waals surface area contributed by atoms with Crippen molar-refractivity contribution in [2.75, 3.05) is 47.0 Å². The molecule has 8 nitrogen and oxygen atoms in total. The summed E-state index contributed by atoms with van der Waals surface area (Å²) in [6.07, 6.45) is 0. The topological polar surface area (TPSA) is 96.0 Å². The summed E-state index contributed by atoms with van der Waals surface area (Å²) < 4.78 is 33.5. The van der Waals surface area contributed by atoms with Crippen molar-refractivity contribution >= 4 is 50.7 Å². The van der Waals surface area contributed by atoms with E-state index in [-0.39, 0.29) is 23.1 Å². The first-order chi connectivity index (χ1) is 15.2. The van der Waals surface area contributed by atoms with Gasteiger partial charge in [0, 0.05) is 23.7 Å². The van der Waals surface area contributed by atoms with Gasteiger partial charge in [-0.1, -0.05) is 0 Å². The zero-order chi connectivity index (χ0) is 23.5. The number of ether oxygens (including phenoxy) is 1. The number of amides is 1. The number of sulfonamides is 1. The number of fused-ring (bicyclic) bond motifs is 1. The Labute approximate surface area is 193 Å². The first kappa shape index (κ1) is 23.9. The number of carbonyl (C=O) groups is 2. The molecule has 2 aromatic rings. The van der Waals surface area contributed by atoms with Crippen molar-refractivity contribution in [1.29, 1.82) is 0 Å². The minimum atomic E-state index is -3.92. The van der Waals surface area contributed by atoms with E-state index in [2.05, 4.69) is 28.2 Å². The monoisotopic (exact) mass is 477 g/mol. The molecule has 2 aromatic carbocycles. The molecule has 0 spiro atoms. The van der Waals surface area contributed by atoms with Gasteiger partial charge in [0.05, 0.1) is 29.1 Å². The summed E-state index contributed by atoms with van der Waals surface area (Å²) in [5.74, 6) is -0.684. The Morgan fingerprint density at radius 2 is 1.91 bits per heavy atom. The highest BCUT2D eigenvalue weighted by atomic mass is 32.2. The Balaban J connectivity index is 1.91. The predicted molar refractivity (Wildman–Crippen MR) is 127 cm³/mol. The van der Waals surface area contributed by atoms with Gasteiger partial charge in [-0.3, -0.25) is 19.2 Å². The van der Waals surface area contributed by atoms with Crippen LogP contribution in [-0.2, 0) is 24.3 Å². The Morgan fingerprint density at radius 1 is 1.19 bits per heavy atom. The normalized spacial score (nSPS) is 13.5. The molecular formula is C22H27N3O5S2. The fourth-order valence-corrected chi connectivity index (χ4v) is 5.53. The van der Waals surface area contributed by atoms with Crippen LogP contribution in [0.3, 0.4) is 0 Å². The van der Waals surface area contributed by atoms with Crippen LogP contribution in [0.25, 0.3) is 0 Å². The van der Waals surface area contributed by atoms with Crippen LogP contribution in [0.2, 0.25) is 0 Å². The van der Waals surface area contributed by atoms with E-state index in [0.717, 1.165) is 29.2 Å². The molecule has 1 N–H and O–H groups in total. The molecule has 0 saturated heterocycles. The van der Waals surface area contributed by atoms with Crippen molar-refractivity contribution in [3.63, 3.8) is 0 Å². The summed E-state index contributed by atoms with van der Waals surface area (Å²) in [5.41, 5.74) is 2.69. The highest BCUT2D eigenvalue weighted by Crippen LogP contribution is 2.37. The second-order valence-corrected chi connectivity index (χ2v) is 9.95. The number of esters is 1. The van der Waals surface area contributed by atoms with Gasteiger partial charge in [-0.2, -0.15) is 0 Å². The number of aryl methyl sites for hydroxylation is 1. The smallest absolute Gasteiger partial charge is 0.325 e. The summed E-state index contributed by atoms with van der Waals surface area (Å²) in [5, 5.41) is 0. The Hall–Kier alpha value is -2.72. The average Bonchev–Trinajstić information content (AvgIpc) is 2.77. The van der Waals surface area contributed by atoms with Crippen molar-refractivity contribution in [3.8, 4) is 0 Å². The maximum atomic E-state index is 13.1. The molecule has 0 aromatic heterocycles. The quantitative estimate of drug-likeness (QED) is 0.583. The van der Waals surface area contributed by atoms with E-state index in [9.17, 15) is 18.0 Å². The molecule has 0 fully saturated rings. The van der Waals surface area contributed by atoms with Gasteiger partial charge in [0.25, 0.3) is 10.0 Å². The van der Waals surface area contributed by atoms with Crippen molar-refractivity contribution < 1.29 is 22.7 Å². The first-order valence-corrected chi connectivity index (χ1v) is 12.7. The summed E-state index contributed by atoms with van der Waals surface area (Å²) in [7, 11) is -2.67. The van der Waals surface area contributed by atoms with Crippen LogP contribution in [-0.4, -0.2) is 52.8 Å². The van der Waals surface area contributed by atoms with E-state index in [1.807, 2.05) is 19.1 Å². The average molecular weight is 478 g/mol.